The van der Waals surface area contributed by atoms with Crippen LogP contribution in [-0.4, -0.2) is 25.2 Å². The first-order valence-electron chi connectivity index (χ1n) is 5.22. The van der Waals surface area contributed by atoms with Gasteiger partial charge in [-0.05, 0) is 18.2 Å². The first-order chi connectivity index (χ1) is 8.83. The fraction of sp³-hybridized carbons (Fsp3) is 0. The minimum atomic E-state index is 0.0464. The van der Waals surface area contributed by atoms with E-state index in [1.54, 1.807) is 12.3 Å². The predicted octanol–water partition coefficient (Wildman–Crippen LogP) is 1.90. The smallest absolute Gasteiger partial charge is 0.259 e. The molecule has 0 saturated carbocycles. The fourth-order valence-electron chi connectivity index (χ4n) is 1.48. The van der Waals surface area contributed by atoms with E-state index in [9.17, 15) is 5.11 Å². The van der Waals surface area contributed by atoms with Crippen molar-refractivity contribution in [1.82, 2.24) is 20.1 Å². The molecule has 6 heteroatoms. The lowest BCUT2D eigenvalue weighted by Gasteiger charge is -1.93. The molecule has 0 spiro atoms. The molecule has 0 aliphatic carbocycles. The summed E-state index contributed by atoms with van der Waals surface area (Å²) in [5.41, 5.74) is 1.19. The Balaban J connectivity index is 2.00. The zero-order valence-corrected chi connectivity index (χ0v) is 9.19. The topological polar surface area (TPSA) is 84.9 Å². The van der Waals surface area contributed by atoms with Crippen LogP contribution in [0.3, 0.4) is 0 Å². The van der Waals surface area contributed by atoms with Crippen molar-refractivity contribution >= 4 is 0 Å². The molecule has 0 bridgehead atoms. The zero-order valence-electron chi connectivity index (χ0n) is 9.19. The van der Waals surface area contributed by atoms with Crippen LogP contribution in [0, 0.1) is 0 Å². The monoisotopic (exact) mass is 240 g/mol. The van der Waals surface area contributed by atoms with Gasteiger partial charge in [0.25, 0.3) is 5.89 Å². The average Bonchev–Trinajstić information content (AvgIpc) is 2.89. The maximum absolute atomic E-state index is 9.33. The van der Waals surface area contributed by atoms with Crippen LogP contribution < -0.4 is 0 Å². The Morgan fingerprint density at radius 1 is 1.17 bits per heavy atom. The molecule has 0 radical (unpaired) electrons. The molecular weight excluding hydrogens is 232 g/mol. The van der Waals surface area contributed by atoms with E-state index < -0.39 is 0 Å². The maximum Gasteiger partial charge on any atom is 0.259 e. The molecule has 88 valence electrons. The third-order valence-corrected chi connectivity index (χ3v) is 2.29. The normalized spacial score (nSPS) is 10.4. The number of hydrogen-bond acceptors (Lipinski definition) is 6. The van der Waals surface area contributed by atoms with Crippen LogP contribution in [0.5, 0.6) is 5.75 Å². The van der Waals surface area contributed by atoms with Crippen LogP contribution in [0.4, 0.5) is 0 Å². The van der Waals surface area contributed by atoms with Crippen LogP contribution in [0.1, 0.15) is 0 Å². The van der Waals surface area contributed by atoms with E-state index in [2.05, 4.69) is 20.1 Å². The summed E-state index contributed by atoms with van der Waals surface area (Å²) in [5.74, 6) is 0.734. The molecule has 3 heterocycles. The Hall–Kier alpha value is -2.76. The van der Waals surface area contributed by atoms with E-state index in [-0.39, 0.29) is 5.75 Å². The summed E-state index contributed by atoms with van der Waals surface area (Å²) < 4.78 is 5.11. The van der Waals surface area contributed by atoms with E-state index in [0.717, 1.165) is 0 Å². The summed E-state index contributed by atoms with van der Waals surface area (Å²) >= 11 is 0. The molecule has 3 aromatic heterocycles. The van der Waals surface area contributed by atoms with E-state index in [1.807, 2.05) is 12.1 Å². The number of hydrogen-bond donors (Lipinski definition) is 1. The Labute approximate surface area is 102 Å². The molecule has 6 nitrogen and oxygen atoms in total. The van der Waals surface area contributed by atoms with Crippen molar-refractivity contribution < 1.29 is 9.63 Å². The molecule has 18 heavy (non-hydrogen) atoms. The van der Waals surface area contributed by atoms with Gasteiger partial charge in [0.05, 0.1) is 11.8 Å². The summed E-state index contributed by atoms with van der Waals surface area (Å²) in [6, 6.07) is 6.94. The molecule has 0 fully saturated rings. The van der Waals surface area contributed by atoms with Gasteiger partial charge in [-0.1, -0.05) is 11.2 Å². The maximum atomic E-state index is 9.33. The van der Waals surface area contributed by atoms with Crippen LogP contribution in [-0.2, 0) is 0 Å². The Kier molecular flexibility index (Phi) is 2.45. The number of rotatable bonds is 2. The van der Waals surface area contributed by atoms with Crippen molar-refractivity contribution in [2.24, 2.45) is 0 Å². The van der Waals surface area contributed by atoms with E-state index in [4.69, 9.17) is 4.52 Å². The van der Waals surface area contributed by atoms with Crippen LogP contribution in [0.2, 0.25) is 0 Å². The minimum Gasteiger partial charge on any atom is -0.506 e. The van der Waals surface area contributed by atoms with Gasteiger partial charge in [0, 0.05) is 12.4 Å². The number of aromatic hydroxyl groups is 1. The molecule has 3 aromatic rings. The van der Waals surface area contributed by atoms with E-state index in [0.29, 0.717) is 23.0 Å². The zero-order chi connectivity index (χ0) is 12.4. The van der Waals surface area contributed by atoms with Gasteiger partial charge in [0.1, 0.15) is 11.4 Å². The van der Waals surface area contributed by atoms with Gasteiger partial charge in [-0.3, -0.25) is 9.97 Å². The van der Waals surface area contributed by atoms with Gasteiger partial charge in [-0.25, -0.2) is 0 Å². The van der Waals surface area contributed by atoms with Gasteiger partial charge in [0.15, 0.2) is 0 Å². The number of pyridine rings is 2. The third-order valence-electron chi connectivity index (χ3n) is 2.29. The molecule has 0 unspecified atom stereocenters. The molecule has 0 aliphatic heterocycles. The van der Waals surface area contributed by atoms with E-state index >= 15 is 0 Å². The molecule has 0 saturated heterocycles. The Morgan fingerprint density at radius 2 is 2.11 bits per heavy atom. The van der Waals surface area contributed by atoms with Crippen molar-refractivity contribution in [3.63, 3.8) is 0 Å². The standard InChI is InChI=1S/C12H8N4O2/c17-9-5-8(6-13-7-9)12-15-11(16-18-12)10-3-1-2-4-14-10/h1-7,17H. The summed E-state index contributed by atoms with van der Waals surface area (Å²) in [7, 11) is 0. The Morgan fingerprint density at radius 3 is 2.89 bits per heavy atom. The van der Waals surface area contributed by atoms with Gasteiger partial charge in [-0.2, -0.15) is 4.98 Å². The highest BCUT2D eigenvalue weighted by Crippen LogP contribution is 2.22. The SMILES string of the molecule is Oc1cncc(-c2nc(-c3ccccn3)no2)c1. The quantitative estimate of drug-likeness (QED) is 0.736. The molecular formula is C12H8N4O2. The molecule has 0 amide bonds. The third kappa shape index (κ3) is 1.91. The highest BCUT2D eigenvalue weighted by Gasteiger charge is 2.11. The fourth-order valence-corrected chi connectivity index (χ4v) is 1.48. The van der Waals surface area contributed by atoms with Crippen LogP contribution in [0.25, 0.3) is 23.0 Å². The summed E-state index contributed by atoms with van der Waals surface area (Å²) in [4.78, 5) is 12.2. The number of aromatic nitrogens is 4. The van der Waals surface area contributed by atoms with Crippen LogP contribution in [0.15, 0.2) is 47.4 Å². The van der Waals surface area contributed by atoms with Crippen molar-refractivity contribution in [2.45, 2.75) is 0 Å². The van der Waals surface area contributed by atoms with Crippen molar-refractivity contribution in [2.75, 3.05) is 0 Å². The molecule has 1 N–H and O–H groups in total. The summed E-state index contributed by atoms with van der Waals surface area (Å²) in [6.45, 7) is 0. The lowest BCUT2D eigenvalue weighted by Crippen LogP contribution is -1.84. The minimum absolute atomic E-state index is 0.0464. The lowest BCUT2D eigenvalue weighted by molar-refractivity contribution is 0.431. The van der Waals surface area contributed by atoms with Crippen LogP contribution >= 0.6 is 0 Å². The van der Waals surface area contributed by atoms with Gasteiger partial charge in [-0.15, -0.1) is 0 Å². The van der Waals surface area contributed by atoms with Crippen molar-refractivity contribution in [3.8, 4) is 28.7 Å². The summed E-state index contributed by atoms with van der Waals surface area (Å²) in [5, 5.41) is 13.2. The van der Waals surface area contributed by atoms with Gasteiger partial charge in [0.2, 0.25) is 5.82 Å². The van der Waals surface area contributed by atoms with Gasteiger partial charge >= 0.3 is 0 Å². The average molecular weight is 240 g/mol. The molecule has 3 rings (SSSR count). The first-order valence-corrected chi connectivity index (χ1v) is 5.22. The second kappa shape index (κ2) is 4.25. The lowest BCUT2D eigenvalue weighted by atomic mass is 10.3. The highest BCUT2D eigenvalue weighted by molar-refractivity contribution is 5.57. The largest absolute Gasteiger partial charge is 0.506 e. The number of nitrogens with zero attached hydrogens (tertiary/aromatic N) is 4. The predicted molar refractivity (Wildman–Crippen MR) is 62.4 cm³/mol. The first kappa shape index (κ1) is 10.4. The van der Waals surface area contributed by atoms with Crippen molar-refractivity contribution in [3.05, 3.63) is 42.9 Å². The second-order valence-corrected chi connectivity index (χ2v) is 3.57. The molecule has 0 atom stereocenters. The summed E-state index contributed by atoms with van der Waals surface area (Å²) in [6.07, 6.45) is 4.52. The van der Waals surface area contributed by atoms with E-state index in [1.165, 1.54) is 18.5 Å². The highest BCUT2D eigenvalue weighted by atomic mass is 16.5. The van der Waals surface area contributed by atoms with Crippen molar-refractivity contribution in [1.29, 1.82) is 0 Å². The Bertz CT molecular complexity index is 667. The molecule has 0 aromatic carbocycles. The molecule has 0 aliphatic rings. The van der Waals surface area contributed by atoms with Gasteiger partial charge < -0.3 is 9.63 Å². The second-order valence-electron chi connectivity index (χ2n) is 3.57.